The molecule has 102 valence electrons. The van der Waals surface area contributed by atoms with Crippen LogP contribution in [0.2, 0.25) is 0 Å². The number of aryl methyl sites for hydroxylation is 1. The topological polar surface area (TPSA) is 29.1 Å². The molecule has 3 heteroatoms. The Kier molecular flexibility index (Phi) is 4.66. The molecule has 0 atom stereocenters. The van der Waals surface area contributed by atoms with E-state index < -0.39 is 0 Å². The molecular formula is C17H16FNO. The molecule has 0 saturated carbocycles. The summed E-state index contributed by atoms with van der Waals surface area (Å²) >= 11 is 0. The smallest absolute Gasteiger partial charge is 0.248 e. The Morgan fingerprint density at radius 3 is 2.50 bits per heavy atom. The molecule has 0 radical (unpaired) electrons. The third kappa shape index (κ3) is 3.79. The van der Waals surface area contributed by atoms with Crippen LogP contribution < -0.4 is 5.32 Å². The van der Waals surface area contributed by atoms with Crippen molar-refractivity contribution in [2.45, 2.75) is 13.3 Å². The zero-order chi connectivity index (χ0) is 14.4. The lowest BCUT2D eigenvalue weighted by atomic mass is 10.1. The molecule has 1 N–H and O–H groups in total. The van der Waals surface area contributed by atoms with Gasteiger partial charge in [0.1, 0.15) is 5.82 Å². The Morgan fingerprint density at radius 1 is 1.15 bits per heavy atom. The van der Waals surface area contributed by atoms with Crippen molar-refractivity contribution in [3.63, 3.8) is 0 Å². The van der Waals surface area contributed by atoms with Gasteiger partial charge in [0.15, 0.2) is 0 Å². The summed E-state index contributed by atoms with van der Waals surface area (Å²) in [5.74, 6) is -0.624. The highest BCUT2D eigenvalue weighted by atomic mass is 19.1. The summed E-state index contributed by atoms with van der Waals surface area (Å²) in [5, 5.41) is 2.73. The minimum absolute atomic E-state index is 0.280. The largest absolute Gasteiger partial charge is 0.323 e. The predicted molar refractivity (Wildman–Crippen MR) is 79.9 cm³/mol. The van der Waals surface area contributed by atoms with Gasteiger partial charge >= 0.3 is 0 Å². The summed E-state index contributed by atoms with van der Waals surface area (Å²) in [4.78, 5) is 11.7. The first-order valence-corrected chi connectivity index (χ1v) is 6.51. The molecule has 0 aliphatic heterocycles. The number of nitrogens with one attached hydrogen (secondary N) is 1. The number of hydrogen-bond acceptors (Lipinski definition) is 1. The van der Waals surface area contributed by atoms with E-state index in [1.165, 1.54) is 23.8 Å². The normalized spacial score (nSPS) is 10.7. The van der Waals surface area contributed by atoms with Crippen LogP contribution in [0, 0.1) is 5.82 Å². The summed E-state index contributed by atoms with van der Waals surface area (Å²) in [6.45, 7) is 2.07. The second kappa shape index (κ2) is 6.66. The summed E-state index contributed by atoms with van der Waals surface area (Å²) in [5.41, 5.74) is 2.33. The third-order valence-electron chi connectivity index (χ3n) is 2.95. The monoisotopic (exact) mass is 269 g/mol. The molecule has 0 bridgehead atoms. The van der Waals surface area contributed by atoms with Gasteiger partial charge in [-0.1, -0.05) is 37.3 Å². The van der Waals surface area contributed by atoms with Gasteiger partial charge in [0.05, 0.1) is 0 Å². The number of halogens is 1. The quantitative estimate of drug-likeness (QED) is 0.834. The summed E-state index contributed by atoms with van der Waals surface area (Å²) < 4.78 is 13.4. The van der Waals surface area contributed by atoms with Crippen LogP contribution in [0.15, 0.2) is 54.6 Å². The minimum Gasteiger partial charge on any atom is -0.323 e. The highest BCUT2D eigenvalue weighted by Crippen LogP contribution is 2.11. The van der Waals surface area contributed by atoms with Gasteiger partial charge < -0.3 is 5.32 Å². The second-order valence-electron chi connectivity index (χ2n) is 4.39. The van der Waals surface area contributed by atoms with Gasteiger partial charge in [0.25, 0.3) is 0 Å². The van der Waals surface area contributed by atoms with Crippen molar-refractivity contribution in [2.24, 2.45) is 0 Å². The zero-order valence-corrected chi connectivity index (χ0v) is 11.3. The first kappa shape index (κ1) is 14.0. The van der Waals surface area contributed by atoms with Gasteiger partial charge in [-0.2, -0.15) is 0 Å². The molecule has 1 amide bonds. The van der Waals surface area contributed by atoms with E-state index in [4.69, 9.17) is 0 Å². The van der Waals surface area contributed by atoms with Crippen LogP contribution in [-0.4, -0.2) is 5.91 Å². The van der Waals surface area contributed by atoms with E-state index in [2.05, 4.69) is 12.2 Å². The first-order valence-electron chi connectivity index (χ1n) is 6.51. The van der Waals surface area contributed by atoms with Crippen molar-refractivity contribution in [2.75, 3.05) is 5.32 Å². The minimum atomic E-state index is -0.344. The maximum absolute atomic E-state index is 13.4. The Bertz CT molecular complexity index is 617. The molecule has 0 fully saturated rings. The lowest BCUT2D eigenvalue weighted by Crippen LogP contribution is -2.07. The predicted octanol–water partition coefficient (Wildman–Crippen LogP) is 4.04. The highest BCUT2D eigenvalue weighted by molar-refractivity contribution is 6.01. The van der Waals surface area contributed by atoms with Crippen molar-refractivity contribution in [3.05, 3.63) is 71.6 Å². The fraction of sp³-hybridized carbons (Fsp3) is 0.118. The number of amides is 1. The van der Waals surface area contributed by atoms with E-state index in [1.807, 2.05) is 24.3 Å². The molecule has 0 unspecified atom stereocenters. The van der Waals surface area contributed by atoms with Crippen molar-refractivity contribution in [3.8, 4) is 0 Å². The fourth-order valence-electron chi connectivity index (χ4n) is 1.78. The van der Waals surface area contributed by atoms with Crippen molar-refractivity contribution < 1.29 is 9.18 Å². The van der Waals surface area contributed by atoms with Crippen molar-refractivity contribution in [1.29, 1.82) is 0 Å². The second-order valence-corrected chi connectivity index (χ2v) is 4.39. The highest BCUT2D eigenvalue weighted by Gasteiger charge is 2.00. The van der Waals surface area contributed by atoms with Crippen LogP contribution in [-0.2, 0) is 11.2 Å². The van der Waals surface area contributed by atoms with Crippen molar-refractivity contribution >= 4 is 17.7 Å². The molecule has 2 aromatic carbocycles. The van der Waals surface area contributed by atoms with Gasteiger partial charge in [-0.25, -0.2) is 4.39 Å². The number of hydrogen-bond donors (Lipinski definition) is 1. The van der Waals surface area contributed by atoms with Crippen LogP contribution in [0.4, 0.5) is 10.1 Å². The fourth-order valence-corrected chi connectivity index (χ4v) is 1.78. The maximum Gasteiger partial charge on any atom is 0.248 e. The Hall–Kier alpha value is -2.42. The Labute approximate surface area is 118 Å². The summed E-state index contributed by atoms with van der Waals surface area (Å²) in [6, 6.07) is 14.0. The molecule has 2 aromatic rings. The number of carbonyl (C=O) groups excluding carboxylic acids is 1. The number of carbonyl (C=O) groups is 1. The average Bonchev–Trinajstić information content (AvgIpc) is 2.47. The number of benzene rings is 2. The number of anilines is 1. The third-order valence-corrected chi connectivity index (χ3v) is 2.95. The van der Waals surface area contributed by atoms with Crippen LogP contribution >= 0.6 is 0 Å². The van der Waals surface area contributed by atoms with E-state index in [9.17, 15) is 9.18 Å². The molecule has 0 aromatic heterocycles. The average molecular weight is 269 g/mol. The molecule has 0 aliphatic carbocycles. The van der Waals surface area contributed by atoms with E-state index in [-0.39, 0.29) is 11.7 Å². The lowest BCUT2D eigenvalue weighted by Gasteiger charge is -2.03. The Morgan fingerprint density at radius 2 is 1.85 bits per heavy atom. The number of rotatable bonds is 4. The standard InChI is InChI=1S/C17H16FNO/c1-2-13-7-10-15(11-8-13)19-17(20)12-9-14-5-3-4-6-16(14)18/h3-12H,2H2,1H3,(H,19,20)/b12-9+. The molecule has 20 heavy (non-hydrogen) atoms. The van der Waals surface area contributed by atoms with Crippen LogP contribution in [0.1, 0.15) is 18.1 Å². The maximum atomic E-state index is 13.4. The van der Waals surface area contributed by atoms with E-state index in [1.54, 1.807) is 18.2 Å². The summed E-state index contributed by atoms with van der Waals surface area (Å²) in [6.07, 6.45) is 3.75. The molecule has 2 rings (SSSR count). The molecule has 0 spiro atoms. The van der Waals surface area contributed by atoms with E-state index >= 15 is 0 Å². The van der Waals surface area contributed by atoms with Crippen LogP contribution in [0.5, 0.6) is 0 Å². The molecule has 0 heterocycles. The molecule has 0 saturated heterocycles. The van der Waals surface area contributed by atoms with Gasteiger partial charge in [-0.15, -0.1) is 0 Å². The van der Waals surface area contributed by atoms with Gasteiger partial charge in [-0.05, 0) is 36.3 Å². The first-order chi connectivity index (χ1) is 9.69. The van der Waals surface area contributed by atoms with E-state index in [0.717, 1.165) is 12.1 Å². The lowest BCUT2D eigenvalue weighted by molar-refractivity contribution is -0.111. The molecule has 2 nitrogen and oxygen atoms in total. The van der Waals surface area contributed by atoms with Crippen LogP contribution in [0.3, 0.4) is 0 Å². The van der Waals surface area contributed by atoms with E-state index in [0.29, 0.717) is 5.56 Å². The SMILES string of the molecule is CCc1ccc(NC(=O)/C=C/c2ccccc2F)cc1. The van der Waals surface area contributed by atoms with Crippen molar-refractivity contribution in [1.82, 2.24) is 0 Å². The Balaban J connectivity index is 2.00. The zero-order valence-electron chi connectivity index (χ0n) is 11.3. The van der Waals surface area contributed by atoms with Gasteiger partial charge in [-0.3, -0.25) is 4.79 Å². The summed E-state index contributed by atoms with van der Waals surface area (Å²) in [7, 11) is 0. The van der Waals surface area contributed by atoms with Gasteiger partial charge in [0, 0.05) is 17.3 Å². The van der Waals surface area contributed by atoms with Gasteiger partial charge in [0.2, 0.25) is 5.91 Å². The molecule has 0 aliphatic rings. The molecular weight excluding hydrogens is 253 g/mol. The van der Waals surface area contributed by atoms with Crippen LogP contribution in [0.25, 0.3) is 6.08 Å².